The molecule has 1 amide bonds. The van der Waals surface area contributed by atoms with Crippen molar-refractivity contribution in [3.8, 4) is 0 Å². The number of aliphatic carboxylic acids is 2. The molecule has 0 spiro atoms. The van der Waals surface area contributed by atoms with Crippen LogP contribution in [0.15, 0.2) is 109 Å². The molecule has 0 saturated carbocycles. The average molecular weight is 1010 g/mol. The van der Waals surface area contributed by atoms with Crippen LogP contribution in [-0.2, 0) is 51.3 Å². The minimum Gasteiger partial charge on any atom is -0.478 e. The van der Waals surface area contributed by atoms with Crippen LogP contribution in [-0.4, -0.2) is 129 Å². The summed E-state index contributed by atoms with van der Waals surface area (Å²) >= 11 is 0. The Hall–Kier alpha value is -7.04. The van der Waals surface area contributed by atoms with Gasteiger partial charge in [0.25, 0.3) is 0 Å². The Morgan fingerprint density at radius 3 is 1.19 bits per heavy atom. The zero-order valence-electron chi connectivity index (χ0n) is 43.3. The largest absolute Gasteiger partial charge is 0.478 e. The maximum absolute atomic E-state index is 12.2. The molecule has 7 rings (SSSR count). The molecule has 5 unspecified atom stereocenters. The highest BCUT2D eigenvalue weighted by Gasteiger charge is 2.41. The number of rotatable bonds is 11. The molecule has 3 saturated heterocycles. The van der Waals surface area contributed by atoms with Crippen molar-refractivity contribution in [2.45, 2.75) is 106 Å². The molecule has 16 nitrogen and oxygen atoms in total. The van der Waals surface area contributed by atoms with Crippen LogP contribution in [0.5, 0.6) is 0 Å². The molecule has 0 aromatic heterocycles. The highest BCUT2D eigenvalue weighted by Crippen LogP contribution is 2.19. The smallest absolute Gasteiger partial charge is 0.410 e. The van der Waals surface area contributed by atoms with Crippen LogP contribution >= 0.6 is 0 Å². The van der Waals surface area contributed by atoms with Gasteiger partial charge in [-0.2, -0.15) is 0 Å². The molecule has 3 aliphatic heterocycles. The van der Waals surface area contributed by atoms with Gasteiger partial charge < -0.3 is 29.3 Å². The fourth-order valence-corrected chi connectivity index (χ4v) is 7.90. The number of benzene rings is 4. The van der Waals surface area contributed by atoms with Crippen LogP contribution in [0.1, 0.15) is 104 Å². The van der Waals surface area contributed by atoms with E-state index in [1.165, 1.54) is 35.4 Å². The van der Waals surface area contributed by atoms with Gasteiger partial charge in [0.2, 0.25) is 12.2 Å². The minimum atomic E-state index is -2.22. The second-order valence-corrected chi connectivity index (χ2v) is 19.8. The molecule has 0 aliphatic carbocycles. The number of hydrogen-bond acceptors (Lipinski definition) is 13. The van der Waals surface area contributed by atoms with Crippen LogP contribution < -0.4 is 0 Å². The summed E-state index contributed by atoms with van der Waals surface area (Å²) in [5.74, 6) is -4.20. The molecule has 0 radical (unpaired) electrons. The molecule has 4 aromatic carbocycles. The number of carbonyl (C=O) groups is 8. The number of ketones is 3. The predicted molar refractivity (Wildman–Crippen MR) is 274 cm³/mol. The predicted octanol–water partition coefficient (Wildman–Crippen LogP) is 8.25. The van der Waals surface area contributed by atoms with E-state index in [4.69, 9.17) is 14.2 Å². The summed E-state index contributed by atoms with van der Waals surface area (Å²) in [7, 11) is 0. The van der Waals surface area contributed by atoms with E-state index >= 15 is 0 Å². The molecule has 3 fully saturated rings. The van der Waals surface area contributed by atoms with E-state index in [0.29, 0.717) is 43.9 Å². The number of ether oxygens (including phenoxy) is 3. The third-order valence-electron chi connectivity index (χ3n) is 12.1. The van der Waals surface area contributed by atoms with Gasteiger partial charge in [0.15, 0.2) is 0 Å². The minimum absolute atomic E-state index is 0.0332. The Labute approximate surface area is 428 Å². The van der Waals surface area contributed by atoms with E-state index < -0.39 is 41.7 Å². The van der Waals surface area contributed by atoms with Gasteiger partial charge in [-0.15, -0.1) is 0 Å². The second kappa shape index (κ2) is 28.3. The summed E-state index contributed by atoms with van der Waals surface area (Å²) in [6.07, 6.45) is -2.88. The Bertz CT molecular complexity index is 2330. The number of carboxylic acid groups (broad SMARTS) is 2. The van der Waals surface area contributed by atoms with Gasteiger partial charge in [-0.25, -0.2) is 24.0 Å². The third-order valence-corrected chi connectivity index (χ3v) is 12.1. The van der Waals surface area contributed by atoms with Gasteiger partial charge in [-0.1, -0.05) is 117 Å². The van der Waals surface area contributed by atoms with Crippen molar-refractivity contribution in [2.75, 3.05) is 39.3 Å². The monoisotopic (exact) mass is 1010 g/mol. The first kappa shape index (κ1) is 58.5. The van der Waals surface area contributed by atoms with E-state index in [9.17, 15) is 48.6 Å². The van der Waals surface area contributed by atoms with Crippen molar-refractivity contribution in [2.24, 2.45) is 17.8 Å². The number of aryl methyl sites for hydroxylation is 2. The zero-order chi connectivity index (χ0) is 53.8. The number of carbonyl (C=O) groups excluding carboxylic acids is 6. The van der Waals surface area contributed by atoms with Crippen molar-refractivity contribution in [1.29, 1.82) is 0 Å². The molecule has 16 heteroatoms. The number of esters is 2. The molecule has 3 heterocycles. The lowest BCUT2D eigenvalue weighted by atomic mass is 9.98. The fourth-order valence-electron chi connectivity index (χ4n) is 7.90. The summed E-state index contributed by atoms with van der Waals surface area (Å²) < 4.78 is 14.9. The summed E-state index contributed by atoms with van der Waals surface area (Å²) in [5.41, 5.74) is 3.99. The summed E-state index contributed by atoms with van der Waals surface area (Å²) in [6.45, 7) is 21.6. The first-order valence-corrected chi connectivity index (χ1v) is 24.6. The van der Waals surface area contributed by atoms with Gasteiger partial charge in [0.1, 0.15) is 23.0 Å². The van der Waals surface area contributed by atoms with E-state index in [0.717, 1.165) is 50.4 Å². The van der Waals surface area contributed by atoms with E-state index in [-0.39, 0.29) is 40.8 Å². The third kappa shape index (κ3) is 20.2. The van der Waals surface area contributed by atoms with Gasteiger partial charge in [0, 0.05) is 89.4 Å². The number of piperidine rings is 3. The maximum Gasteiger partial charge on any atom is 0.410 e. The van der Waals surface area contributed by atoms with Gasteiger partial charge in [-0.05, 0) is 70.0 Å². The fraction of sp³-hybridized carbons (Fsp3) is 0.439. The van der Waals surface area contributed by atoms with Crippen molar-refractivity contribution in [3.05, 3.63) is 143 Å². The van der Waals surface area contributed by atoms with Crippen molar-refractivity contribution >= 4 is 47.3 Å². The molecule has 392 valence electrons. The van der Waals surface area contributed by atoms with Gasteiger partial charge >= 0.3 is 30.0 Å². The van der Waals surface area contributed by atoms with E-state index in [2.05, 4.69) is 58.3 Å². The summed E-state index contributed by atoms with van der Waals surface area (Å²) in [4.78, 5) is 99.3. The molecule has 5 atom stereocenters. The Balaban J connectivity index is 0.000000221. The SMILES string of the molecule is CC1CN(C(=O)OC(C)(C)C)CCC1=O.CC1CN(Cc2ccccc2)CCC1=O.CC1CN(Cc2ccccc2)CCC1=O.Cc1ccc(C(=O)OC(C(=O)O)C(OC(=O)c2ccc(C)cc2)C(=O)O)cc1. The average Bonchev–Trinajstić information content (AvgIpc) is 3.34. The first-order valence-electron chi connectivity index (χ1n) is 24.6. The zero-order valence-corrected chi connectivity index (χ0v) is 43.3. The number of Topliss-reactive ketones (excluding diaryl/α,β-unsaturated/α-hetero) is 3. The molecule has 2 N–H and O–H groups in total. The summed E-state index contributed by atoms with van der Waals surface area (Å²) in [6, 6.07) is 32.9. The number of nitrogens with zero attached hydrogens (tertiary/aromatic N) is 3. The number of amides is 1. The van der Waals surface area contributed by atoms with Crippen molar-refractivity contribution < 1.29 is 62.8 Å². The van der Waals surface area contributed by atoms with Crippen LogP contribution in [0.2, 0.25) is 0 Å². The topological polar surface area (TPSA) is 214 Å². The molecular weight excluding hydrogens is 935 g/mol. The quantitative estimate of drug-likeness (QED) is 0.107. The standard InChI is InChI=1S/C20H18O8.2C13H17NO.C11H19NO3/c1-11-3-7-13(8-4-11)19(25)27-15(17(21)22)16(18(23)24)28-20(26)14-9-5-12(2)6-10-14;2*1-11-9-14(8-7-13(11)15)10-12-5-3-2-4-6-12;1-8-7-12(6-5-9(8)13)10(14)15-11(2,3)4/h3-10,15-16H,1-2H3,(H,21,22)(H,23,24);2*2-6,11H,7-10H2,1H3;8H,5-7H2,1-4H3. The highest BCUT2D eigenvalue weighted by atomic mass is 16.6. The van der Waals surface area contributed by atoms with Crippen LogP contribution in [0, 0.1) is 31.6 Å². The highest BCUT2D eigenvalue weighted by molar-refractivity contribution is 5.95. The lowest BCUT2D eigenvalue weighted by Gasteiger charge is -2.32. The Morgan fingerprint density at radius 1 is 0.534 bits per heavy atom. The Kier molecular flexibility index (Phi) is 22.7. The van der Waals surface area contributed by atoms with E-state index in [1.807, 2.05) is 53.7 Å². The number of carboxylic acids is 2. The first-order chi connectivity index (χ1) is 34.5. The molecule has 73 heavy (non-hydrogen) atoms. The number of hydrogen-bond donors (Lipinski definition) is 2. The summed E-state index contributed by atoms with van der Waals surface area (Å²) in [5, 5.41) is 18.6. The van der Waals surface area contributed by atoms with Crippen LogP contribution in [0.4, 0.5) is 4.79 Å². The van der Waals surface area contributed by atoms with Crippen molar-refractivity contribution in [1.82, 2.24) is 14.7 Å². The lowest BCUT2D eigenvalue weighted by Crippen LogP contribution is -2.45. The van der Waals surface area contributed by atoms with Crippen molar-refractivity contribution in [3.63, 3.8) is 0 Å². The number of likely N-dealkylation sites (tertiary alicyclic amines) is 3. The Morgan fingerprint density at radius 2 is 0.877 bits per heavy atom. The maximum atomic E-state index is 12.2. The van der Waals surface area contributed by atoms with Gasteiger partial charge in [-0.3, -0.25) is 24.2 Å². The van der Waals surface area contributed by atoms with Crippen LogP contribution in [0.25, 0.3) is 0 Å². The van der Waals surface area contributed by atoms with E-state index in [1.54, 1.807) is 43.0 Å². The van der Waals surface area contributed by atoms with Gasteiger partial charge in [0.05, 0.1) is 11.1 Å². The molecule has 3 aliphatic rings. The normalized spacial score (nSPS) is 18.9. The lowest BCUT2D eigenvalue weighted by molar-refractivity contribution is -0.166. The van der Waals surface area contributed by atoms with Crippen LogP contribution in [0.3, 0.4) is 0 Å². The molecule has 4 aromatic rings. The molecule has 0 bridgehead atoms. The second-order valence-electron chi connectivity index (χ2n) is 19.8. The molecular formula is C57H71N3O13.